The van der Waals surface area contributed by atoms with E-state index in [2.05, 4.69) is 31.0 Å². The number of benzene rings is 2. The van der Waals surface area contributed by atoms with E-state index >= 15 is 0 Å². The Hall–Kier alpha value is -3.98. The minimum atomic E-state index is -0.117. The summed E-state index contributed by atoms with van der Waals surface area (Å²) in [6, 6.07) is 21.2. The molecule has 0 bridgehead atoms. The number of nitrogens with zero attached hydrogens (tertiary/aromatic N) is 4. The lowest BCUT2D eigenvalue weighted by atomic mass is 10.1. The molecule has 0 unspecified atom stereocenters. The van der Waals surface area contributed by atoms with Crippen LogP contribution in [-0.4, -0.2) is 32.2 Å². The van der Waals surface area contributed by atoms with Gasteiger partial charge < -0.3 is 10.6 Å². The van der Waals surface area contributed by atoms with Crippen molar-refractivity contribution in [2.75, 3.05) is 10.6 Å². The zero-order chi connectivity index (χ0) is 25.2. The highest BCUT2D eigenvalue weighted by Crippen LogP contribution is 2.18. The van der Waals surface area contributed by atoms with E-state index in [4.69, 9.17) is 0 Å². The molecule has 184 valence electrons. The zero-order valence-corrected chi connectivity index (χ0v) is 20.9. The van der Waals surface area contributed by atoms with E-state index < -0.39 is 0 Å². The quantitative estimate of drug-likeness (QED) is 0.292. The van der Waals surface area contributed by atoms with Crippen molar-refractivity contribution < 1.29 is 9.59 Å². The van der Waals surface area contributed by atoms with Crippen molar-refractivity contribution in [2.45, 2.75) is 45.4 Å². The van der Waals surface area contributed by atoms with Crippen LogP contribution in [0.1, 0.15) is 40.2 Å². The predicted octanol–water partition coefficient (Wildman–Crippen LogP) is 4.56. The molecule has 0 atom stereocenters. The third-order valence-corrected chi connectivity index (χ3v) is 6.37. The highest BCUT2D eigenvalue weighted by atomic mass is 32.1. The van der Waals surface area contributed by atoms with Crippen LogP contribution >= 0.6 is 11.3 Å². The number of rotatable bonds is 11. The molecule has 0 radical (unpaired) electrons. The van der Waals surface area contributed by atoms with E-state index in [9.17, 15) is 9.59 Å². The van der Waals surface area contributed by atoms with Crippen molar-refractivity contribution in [3.8, 4) is 0 Å². The summed E-state index contributed by atoms with van der Waals surface area (Å²) in [5, 5.41) is 23.6. The van der Waals surface area contributed by atoms with Crippen LogP contribution in [0.2, 0.25) is 0 Å². The Labute approximate surface area is 214 Å². The Morgan fingerprint density at radius 3 is 2.14 bits per heavy atom. The molecule has 0 saturated heterocycles. The first-order chi connectivity index (χ1) is 17.5. The number of anilines is 2. The monoisotopic (exact) mass is 500 g/mol. The fourth-order valence-electron chi connectivity index (χ4n) is 3.57. The molecule has 4 aromatic rings. The van der Waals surface area contributed by atoms with Crippen molar-refractivity contribution in [3.05, 3.63) is 94.1 Å². The molecule has 2 amide bonds. The van der Waals surface area contributed by atoms with Gasteiger partial charge in [0.15, 0.2) is 5.82 Å². The van der Waals surface area contributed by atoms with Crippen LogP contribution in [0.4, 0.5) is 10.9 Å². The third-order valence-electron chi connectivity index (χ3n) is 5.47. The minimum Gasteiger partial charge on any atom is -0.309 e. The highest BCUT2D eigenvalue weighted by Gasteiger charge is 2.10. The Balaban J connectivity index is 1.14. The van der Waals surface area contributed by atoms with Crippen LogP contribution in [0, 0.1) is 6.92 Å². The molecule has 0 saturated carbocycles. The molecular formula is C27H28N6O2S. The number of hydrogen-bond donors (Lipinski definition) is 2. The summed E-state index contributed by atoms with van der Waals surface area (Å²) in [5.41, 5.74) is 3.95. The molecule has 2 aromatic heterocycles. The lowest BCUT2D eigenvalue weighted by molar-refractivity contribution is -0.116. The maximum Gasteiger partial charge on any atom is 0.230 e. The van der Waals surface area contributed by atoms with Crippen molar-refractivity contribution in [1.82, 2.24) is 20.4 Å². The van der Waals surface area contributed by atoms with Gasteiger partial charge in [-0.15, -0.1) is 15.3 Å². The molecule has 2 N–H and O–H groups in total. The number of nitrogens with one attached hydrogen (secondary N) is 2. The minimum absolute atomic E-state index is 0.0998. The molecule has 0 aliphatic heterocycles. The number of hydrogen-bond acceptors (Lipinski definition) is 7. The van der Waals surface area contributed by atoms with Gasteiger partial charge in [0.05, 0.1) is 18.5 Å². The van der Waals surface area contributed by atoms with Crippen molar-refractivity contribution >= 4 is 34.1 Å². The largest absolute Gasteiger partial charge is 0.309 e. The number of aromatic nitrogens is 4. The van der Waals surface area contributed by atoms with Gasteiger partial charge in [-0.2, -0.15) is 5.10 Å². The summed E-state index contributed by atoms with van der Waals surface area (Å²) in [6.07, 6.45) is 4.02. The van der Waals surface area contributed by atoms with Gasteiger partial charge in [-0.3, -0.25) is 9.59 Å². The standard InChI is InChI=1S/C27H28N6O2S/c1-19-11-13-21(14-12-19)18-24(34)28-23-16-15-22(30-31-23)9-5-6-10-26-32-33-27(36-26)29-25(35)17-20-7-3-2-4-8-20/h2-4,7-8,11-16H,5-6,9-10,17-18H2,1H3,(H,28,31,34)(H,29,33,35). The number of carbonyl (C=O) groups excluding carboxylic acids is 2. The maximum absolute atomic E-state index is 12.2. The molecule has 2 aromatic carbocycles. The molecule has 0 spiro atoms. The van der Waals surface area contributed by atoms with Crippen LogP contribution in [0.3, 0.4) is 0 Å². The second kappa shape index (κ2) is 12.6. The fourth-order valence-corrected chi connectivity index (χ4v) is 4.37. The first-order valence-corrected chi connectivity index (χ1v) is 12.7. The highest BCUT2D eigenvalue weighted by molar-refractivity contribution is 7.15. The number of unbranched alkanes of at least 4 members (excludes halogenated alkanes) is 1. The third kappa shape index (κ3) is 8.06. The molecule has 0 aliphatic carbocycles. The van der Waals surface area contributed by atoms with Gasteiger partial charge in [0.1, 0.15) is 5.01 Å². The van der Waals surface area contributed by atoms with Gasteiger partial charge in [-0.1, -0.05) is 71.5 Å². The summed E-state index contributed by atoms with van der Waals surface area (Å²) < 4.78 is 0. The molecule has 9 heteroatoms. The summed E-state index contributed by atoms with van der Waals surface area (Å²) in [5.74, 6) is 0.234. The van der Waals surface area contributed by atoms with Gasteiger partial charge in [0, 0.05) is 6.42 Å². The average molecular weight is 501 g/mol. The van der Waals surface area contributed by atoms with Crippen LogP contribution in [0.5, 0.6) is 0 Å². The Bertz CT molecular complexity index is 1270. The molecular weight excluding hydrogens is 472 g/mol. The lowest BCUT2D eigenvalue weighted by Crippen LogP contribution is -2.15. The van der Waals surface area contributed by atoms with Gasteiger partial charge in [-0.05, 0) is 49.4 Å². The number of carbonyl (C=O) groups is 2. The molecule has 4 rings (SSSR count). The lowest BCUT2D eigenvalue weighted by Gasteiger charge is -2.05. The molecule has 2 heterocycles. The predicted molar refractivity (Wildman–Crippen MR) is 141 cm³/mol. The van der Waals surface area contributed by atoms with E-state index in [1.165, 1.54) is 11.3 Å². The summed E-state index contributed by atoms with van der Waals surface area (Å²) in [7, 11) is 0. The van der Waals surface area contributed by atoms with E-state index in [0.29, 0.717) is 23.8 Å². The zero-order valence-electron chi connectivity index (χ0n) is 20.1. The molecule has 8 nitrogen and oxygen atoms in total. The van der Waals surface area contributed by atoms with Crippen molar-refractivity contribution in [2.24, 2.45) is 0 Å². The summed E-state index contributed by atoms with van der Waals surface area (Å²) in [4.78, 5) is 24.4. The number of amides is 2. The first-order valence-electron chi connectivity index (χ1n) is 11.9. The van der Waals surface area contributed by atoms with Gasteiger partial charge in [-0.25, -0.2) is 0 Å². The van der Waals surface area contributed by atoms with Crippen LogP contribution < -0.4 is 10.6 Å². The second-order valence-electron chi connectivity index (χ2n) is 8.54. The van der Waals surface area contributed by atoms with Crippen molar-refractivity contribution in [3.63, 3.8) is 0 Å². The Morgan fingerprint density at radius 2 is 1.42 bits per heavy atom. The smallest absolute Gasteiger partial charge is 0.230 e. The number of aryl methyl sites for hydroxylation is 3. The van der Waals surface area contributed by atoms with E-state index in [0.717, 1.165) is 53.1 Å². The van der Waals surface area contributed by atoms with Gasteiger partial charge >= 0.3 is 0 Å². The van der Waals surface area contributed by atoms with Gasteiger partial charge in [0.25, 0.3) is 0 Å². The normalized spacial score (nSPS) is 10.7. The first kappa shape index (κ1) is 25.1. The SMILES string of the molecule is Cc1ccc(CC(=O)Nc2ccc(CCCCc3nnc(NC(=O)Cc4ccccc4)s3)nn2)cc1. The summed E-state index contributed by atoms with van der Waals surface area (Å²) >= 11 is 1.40. The fraction of sp³-hybridized carbons (Fsp3) is 0.259. The van der Waals surface area contributed by atoms with Crippen LogP contribution in [0.25, 0.3) is 0 Å². The van der Waals surface area contributed by atoms with E-state index in [1.54, 1.807) is 6.07 Å². The van der Waals surface area contributed by atoms with E-state index in [1.807, 2.05) is 67.6 Å². The maximum atomic E-state index is 12.2. The van der Waals surface area contributed by atoms with E-state index in [-0.39, 0.29) is 11.8 Å². The van der Waals surface area contributed by atoms with Crippen LogP contribution in [-0.2, 0) is 35.3 Å². The van der Waals surface area contributed by atoms with Crippen molar-refractivity contribution in [1.29, 1.82) is 0 Å². The molecule has 0 aliphatic rings. The van der Waals surface area contributed by atoms with Crippen LogP contribution in [0.15, 0.2) is 66.7 Å². The topological polar surface area (TPSA) is 110 Å². The molecule has 0 fully saturated rings. The molecule has 36 heavy (non-hydrogen) atoms. The average Bonchev–Trinajstić information content (AvgIpc) is 3.31. The Morgan fingerprint density at radius 1 is 0.722 bits per heavy atom. The summed E-state index contributed by atoms with van der Waals surface area (Å²) in [6.45, 7) is 2.02. The Kier molecular flexibility index (Phi) is 8.82. The van der Waals surface area contributed by atoms with Gasteiger partial charge in [0.2, 0.25) is 16.9 Å². The second-order valence-corrected chi connectivity index (χ2v) is 9.60.